The Kier molecular flexibility index (Phi) is 4.18. The van der Waals surface area contributed by atoms with Crippen LogP contribution in [0.1, 0.15) is 6.92 Å². The van der Waals surface area contributed by atoms with Crippen LogP contribution in [0.4, 0.5) is 11.4 Å². The number of benzene rings is 1. The van der Waals surface area contributed by atoms with E-state index in [4.69, 9.17) is 0 Å². The van der Waals surface area contributed by atoms with Crippen molar-refractivity contribution in [1.82, 2.24) is 4.98 Å². The van der Waals surface area contributed by atoms with Gasteiger partial charge in [-0.2, -0.15) is 0 Å². The van der Waals surface area contributed by atoms with Crippen molar-refractivity contribution < 1.29 is 13.3 Å². The number of nitrogens with zero attached hydrogens (tertiary/aromatic N) is 3. The molecule has 0 amide bonds. The van der Waals surface area contributed by atoms with Crippen molar-refractivity contribution in [2.24, 2.45) is 0 Å². The van der Waals surface area contributed by atoms with Crippen LogP contribution in [-0.4, -0.2) is 24.9 Å². The van der Waals surface area contributed by atoms with Crippen LogP contribution >= 0.6 is 0 Å². The summed E-state index contributed by atoms with van der Waals surface area (Å²) in [5.41, 5.74) is 0.143. The maximum Gasteiger partial charge on any atom is 0.270 e. The summed E-state index contributed by atoms with van der Waals surface area (Å²) in [5, 5.41) is 10.8. The minimum atomic E-state index is -3.87. The van der Waals surface area contributed by atoms with E-state index in [2.05, 4.69) is 4.98 Å². The van der Waals surface area contributed by atoms with E-state index in [0.29, 0.717) is 5.69 Å². The minimum absolute atomic E-state index is 0.123. The number of nitro groups is 1. The third-order valence-electron chi connectivity index (χ3n) is 2.84. The second kappa shape index (κ2) is 5.88. The minimum Gasteiger partial charge on any atom is -0.265 e. The Morgan fingerprint density at radius 1 is 1.29 bits per heavy atom. The summed E-state index contributed by atoms with van der Waals surface area (Å²) in [6.07, 6.45) is 2.97. The van der Waals surface area contributed by atoms with Crippen LogP contribution in [0, 0.1) is 10.1 Å². The van der Waals surface area contributed by atoms with Crippen LogP contribution < -0.4 is 4.31 Å². The van der Waals surface area contributed by atoms with E-state index in [1.807, 2.05) is 0 Å². The number of rotatable bonds is 5. The molecule has 0 atom stereocenters. The van der Waals surface area contributed by atoms with Crippen molar-refractivity contribution >= 4 is 21.4 Å². The quantitative estimate of drug-likeness (QED) is 0.623. The average molecular weight is 307 g/mol. The Bertz CT molecular complexity index is 747. The molecule has 21 heavy (non-hydrogen) atoms. The van der Waals surface area contributed by atoms with Gasteiger partial charge >= 0.3 is 0 Å². The number of sulfonamides is 1. The predicted octanol–water partition coefficient (Wildman–Crippen LogP) is 2.21. The zero-order valence-corrected chi connectivity index (χ0v) is 12.0. The molecule has 1 heterocycles. The zero-order chi connectivity index (χ0) is 15.5. The molecule has 0 spiro atoms. The summed E-state index contributed by atoms with van der Waals surface area (Å²) in [7, 11) is -3.87. The SMILES string of the molecule is CCN(c1cccnc1)S(=O)(=O)c1cccc([N+](=O)[O-])c1. The number of pyridine rings is 1. The molecule has 0 N–H and O–H groups in total. The van der Waals surface area contributed by atoms with Gasteiger partial charge in [0.1, 0.15) is 0 Å². The molecular weight excluding hydrogens is 294 g/mol. The first-order chi connectivity index (χ1) is 9.96. The van der Waals surface area contributed by atoms with Gasteiger partial charge in [-0.3, -0.25) is 19.4 Å². The zero-order valence-electron chi connectivity index (χ0n) is 11.2. The van der Waals surface area contributed by atoms with Gasteiger partial charge in [-0.25, -0.2) is 8.42 Å². The lowest BCUT2D eigenvalue weighted by molar-refractivity contribution is -0.385. The van der Waals surface area contributed by atoms with Gasteiger partial charge in [0.25, 0.3) is 15.7 Å². The molecule has 0 saturated carbocycles. The maximum atomic E-state index is 12.6. The molecule has 8 heteroatoms. The molecule has 7 nitrogen and oxygen atoms in total. The summed E-state index contributed by atoms with van der Waals surface area (Å²) in [5.74, 6) is 0. The van der Waals surface area contributed by atoms with Crippen molar-refractivity contribution in [2.45, 2.75) is 11.8 Å². The molecular formula is C13H13N3O4S. The van der Waals surface area contributed by atoms with Crippen LogP contribution in [-0.2, 0) is 10.0 Å². The van der Waals surface area contributed by atoms with Crippen molar-refractivity contribution in [3.8, 4) is 0 Å². The summed E-state index contributed by atoms with van der Waals surface area (Å²) >= 11 is 0. The lowest BCUT2D eigenvalue weighted by atomic mass is 10.3. The third kappa shape index (κ3) is 3.00. The molecule has 0 aliphatic heterocycles. The van der Waals surface area contributed by atoms with Crippen molar-refractivity contribution in [2.75, 3.05) is 10.8 Å². The van der Waals surface area contributed by atoms with Gasteiger partial charge in [0.15, 0.2) is 0 Å². The molecule has 0 fully saturated rings. The normalized spacial score (nSPS) is 11.1. The topological polar surface area (TPSA) is 93.4 Å². The molecule has 1 aromatic heterocycles. The number of aromatic nitrogens is 1. The van der Waals surface area contributed by atoms with Gasteiger partial charge in [0, 0.05) is 24.9 Å². The number of nitro benzene ring substituents is 1. The molecule has 0 bridgehead atoms. The predicted molar refractivity (Wildman–Crippen MR) is 77.5 cm³/mol. The summed E-state index contributed by atoms with van der Waals surface area (Å²) in [6.45, 7) is 1.87. The first-order valence-corrected chi connectivity index (χ1v) is 7.58. The molecule has 1 aromatic carbocycles. The number of hydrogen-bond donors (Lipinski definition) is 0. The van der Waals surface area contributed by atoms with Gasteiger partial charge in [-0.05, 0) is 25.1 Å². The van der Waals surface area contributed by atoms with Gasteiger partial charge in [0.2, 0.25) is 0 Å². The Morgan fingerprint density at radius 3 is 2.62 bits per heavy atom. The van der Waals surface area contributed by atoms with Crippen LogP contribution in [0.3, 0.4) is 0 Å². The monoisotopic (exact) mass is 307 g/mol. The number of non-ortho nitro benzene ring substituents is 1. The Labute approximate surface area is 122 Å². The highest BCUT2D eigenvalue weighted by molar-refractivity contribution is 7.92. The number of anilines is 1. The van der Waals surface area contributed by atoms with Crippen LogP contribution in [0.25, 0.3) is 0 Å². The van der Waals surface area contributed by atoms with E-state index in [0.717, 1.165) is 10.4 Å². The lowest BCUT2D eigenvalue weighted by Gasteiger charge is -2.22. The molecule has 0 unspecified atom stereocenters. The smallest absolute Gasteiger partial charge is 0.265 e. The first kappa shape index (κ1) is 14.9. The van der Waals surface area contributed by atoms with Gasteiger partial charge in [-0.15, -0.1) is 0 Å². The fraction of sp³-hybridized carbons (Fsp3) is 0.154. The van der Waals surface area contributed by atoms with E-state index < -0.39 is 14.9 Å². The second-order valence-electron chi connectivity index (χ2n) is 4.14. The van der Waals surface area contributed by atoms with Crippen molar-refractivity contribution in [3.63, 3.8) is 0 Å². The first-order valence-electron chi connectivity index (χ1n) is 6.14. The molecule has 0 aliphatic carbocycles. The summed E-state index contributed by atoms with van der Waals surface area (Å²) < 4.78 is 26.4. The summed E-state index contributed by atoms with van der Waals surface area (Å²) in [6, 6.07) is 8.23. The van der Waals surface area contributed by atoms with Gasteiger partial charge < -0.3 is 0 Å². The van der Waals surface area contributed by atoms with Crippen molar-refractivity contribution in [3.05, 3.63) is 58.9 Å². The van der Waals surface area contributed by atoms with E-state index in [-0.39, 0.29) is 17.1 Å². The van der Waals surface area contributed by atoms with E-state index in [1.54, 1.807) is 19.1 Å². The molecule has 0 saturated heterocycles. The molecule has 0 radical (unpaired) electrons. The second-order valence-corrected chi connectivity index (χ2v) is 6.00. The fourth-order valence-corrected chi connectivity index (χ4v) is 3.38. The maximum absolute atomic E-state index is 12.6. The molecule has 110 valence electrons. The highest BCUT2D eigenvalue weighted by atomic mass is 32.2. The van der Waals surface area contributed by atoms with Crippen LogP contribution in [0.5, 0.6) is 0 Å². The number of hydrogen-bond acceptors (Lipinski definition) is 5. The fourth-order valence-electron chi connectivity index (χ4n) is 1.88. The van der Waals surface area contributed by atoms with E-state index >= 15 is 0 Å². The average Bonchev–Trinajstić information content (AvgIpc) is 2.49. The Balaban J connectivity index is 2.50. The summed E-state index contributed by atoms with van der Waals surface area (Å²) in [4.78, 5) is 13.9. The van der Waals surface area contributed by atoms with Crippen LogP contribution in [0.15, 0.2) is 53.7 Å². The molecule has 2 rings (SSSR count). The molecule has 0 aliphatic rings. The largest absolute Gasteiger partial charge is 0.270 e. The van der Waals surface area contributed by atoms with Crippen LogP contribution in [0.2, 0.25) is 0 Å². The van der Waals surface area contributed by atoms with E-state index in [9.17, 15) is 18.5 Å². The highest BCUT2D eigenvalue weighted by Gasteiger charge is 2.25. The Hall–Kier alpha value is -2.48. The standard InChI is InChI=1S/C13H13N3O4S/c1-2-15(12-6-4-8-14-10-12)21(19,20)13-7-3-5-11(9-13)16(17)18/h3-10H,2H2,1H3. The van der Waals surface area contributed by atoms with Gasteiger partial charge in [0.05, 0.1) is 21.7 Å². The Morgan fingerprint density at radius 2 is 2.05 bits per heavy atom. The van der Waals surface area contributed by atoms with E-state index in [1.165, 1.54) is 30.6 Å². The third-order valence-corrected chi connectivity index (χ3v) is 4.74. The van der Waals surface area contributed by atoms with Gasteiger partial charge in [-0.1, -0.05) is 6.07 Å². The highest BCUT2D eigenvalue weighted by Crippen LogP contribution is 2.24. The lowest BCUT2D eigenvalue weighted by Crippen LogP contribution is -2.30. The molecule has 2 aromatic rings. The van der Waals surface area contributed by atoms with Crippen molar-refractivity contribution in [1.29, 1.82) is 0 Å².